The lowest BCUT2D eigenvalue weighted by Crippen LogP contribution is -2.40. The molecule has 0 aromatic heterocycles. The van der Waals surface area contributed by atoms with Crippen molar-refractivity contribution < 1.29 is 4.79 Å². The Morgan fingerprint density at radius 1 is 1.19 bits per heavy atom. The SMILES string of the molecule is CCN(CCCN(C)C)C(=O)C1(c2ccc(N)cc2)CC1. The molecule has 21 heavy (non-hydrogen) atoms. The highest BCUT2D eigenvalue weighted by atomic mass is 16.2. The molecule has 0 radical (unpaired) electrons. The number of amides is 1. The molecular weight excluding hydrogens is 262 g/mol. The lowest BCUT2D eigenvalue weighted by atomic mass is 9.94. The van der Waals surface area contributed by atoms with Gasteiger partial charge in [-0.1, -0.05) is 12.1 Å². The number of hydrogen-bond acceptors (Lipinski definition) is 3. The highest BCUT2D eigenvalue weighted by Gasteiger charge is 2.52. The first-order chi connectivity index (χ1) is 9.99. The lowest BCUT2D eigenvalue weighted by molar-refractivity contribution is -0.133. The fourth-order valence-corrected chi connectivity index (χ4v) is 2.84. The Morgan fingerprint density at radius 3 is 2.29 bits per heavy atom. The molecule has 1 aromatic rings. The number of carbonyl (C=O) groups excluding carboxylic acids is 1. The zero-order valence-electron chi connectivity index (χ0n) is 13.4. The fraction of sp³-hybridized carbons (Fsp3) is 0.588. The van der Waals surface area contributed by atoms with Gasteiger partial charge in [0.25, 0.3) is 0 Å². The monoisotopic (exact) mass is 289 g/mol. The van der Waals surface area contributed by atoms with E-state index >= 15 is 0 Å². The summed E-state index contributed by atoms with van der Waals surface area (Å²) in [4.78, 5) is 17.1. The predicted octanol–water partition coefficient (Wildman–Crippen LogP) is 2.10. The van der Waals surface area contributed by atoms with Crippen LogP contribution in [0.3, 0.4) is 0 Å². The minimum atomic E-state index is -0.276. The van der Waals surface area contributed by atoms with E-state index in [1.807, 2.05) is 29.2 Å². The van der Waals surface area contributed by atoms with Crippen LogP contribution < -0.4 is 5.73 Å². The Hall–Kier alpha value is -1.55. The van der Waals surface area contributed by atoms with Gasteiger partial charge in [-0.25, -0.2) is 0 Å². The number of nitrogen functional groups attached to an aromatic ring is 1. The van der Waals surface area contributed by atoms with E-state index in [1.165, 1.54) is 0 Å². The number of rotatable bonds is 7. The molecule has 1 amide bonds. The first-order valence-electron chi connectivity index (χ1n) is 7.80. The number of nitrogens with two attached hydrogens (primary N) is 1. The van der Waals surface area contributed by atoms with Crippen LogP contribution in [0.15, 0.2) is 24.3 Å². The van der Waals surface area contributed by atoms with Gasteiger partial charge in [-0.3, -0.25) is 4.79 Å². The van der Waals surface area contributed by atoms with Gasteiger partial charge in [0.15, 0.2) is 0 Å². The molecule has 2 rings (SSSR count). The Bertz CT molecular complexity index is 477. The molecule has 4 heteroatoms. The number of anilines is 1. The molecule has 1 saturated carbocycles. The number of hydrogen-bond donors (Lipinski definition) is 1. The highest BCUT2D eigenvalue weighted by Crippen LogP contribution is 2.49. The van der Waals surface area contributed by atoms with Gasteiger partial charge in [0.05, 0.1) is 5.41 Å². The van der Waals surface area contributed by atoms with Gasteiger partial charge in [0, 0.05) is 18.8 Å². The van der Waals surface area contributed by atoms with Gasteiger partial charge in [0.2, 0.25) is 5.91 Å². The van der Waals surface area contributed by atoms with Crippen molar-refractivity contribution in [1.82, 2.24) is 9.80 Å². The van der Waals surface area contributed by atoms with E-state index in [9.17, 15) is 4.79 Å². The minimum Gasteiger partial charge on any atom is -0.399 e. The predicted molar refractivity (Wildman–Crippen MR) is 87.2 cm³/mol. The lowest BCUT2D eigenvalue weighted by Gasteiger charge is -2.27. The van der Waals surface area contributed by atoms with Crippen LogP contribution in [0.25, 0.3) is 0 Å². The standard InChI is InChI=1S/C17H27N3O/c1-4-20(13-5-12-19(2)3)16(21)17(10-11-17)14-6-8-15(18)9-7-14/h6-9H,4-5,10-13,18H2,1-3H3. The summed E-state index contributed by atoms with van der Waals surface area (Å²) in [7, 11) is 4.13. The van der Waals surface area contributed by atoms with Crippen LogP contribution in [0.1, 0.15) is 31.7 Å². The van der Waals surface area contributed by atoms with Crippen LogP contribution in [-0.2, 0) is 10.2 Å². The average molecular weight is 289 g/mol. The molecule has 4 nitrogen and oxygen atoms in total. The summed E-state index contributed by atoms with van der Waals surface area (Å²) in [5, 5.41) is 0. The van der Waals surface area contributed by atoms with Crippen LogP contribution in [0.4, 0.5) is 5.69 Å². The smallest absolute Gasteiger partial charge is 0.233 e. The third-order valence-electron chi connectivity index (χ3n) is 4.32. The second kappa shape index (κ2) is 6.48. The van der Waals surface area contributed by atoms with E-state index in [1.54, 1.807) is 0 Å². The molecule has 0 saturated heterocycles. The second-order valence-corrected chi connectivity index (χ2v) is 6.25. The molecule has 1 aromatic carbocycles. The van der Waals surface area contributed by atoms with E-state index in [0.29, 0.717) is 0 Å². The van der Waals surface area contributed by atoms with Crippen LogP contribution in [0.5, 0.6) is 0 Å². The largest absolute Gasteiger partial charge is 0.399 e. The Kier molecular flexibility index (Phi) is 4.88. The minimum absolute atomic E-state index is 0.276. The summed E-state index contributed by atoms with van der Waals surface area (Å²) >= 11 is 0. The van der Waals surface area contributed by atoms with Crippen molar-refractivity contribution in [2.75, 3.05) is 39.5 Å². The zero-order chi connectivity index (χ0) is 15.5. The summed E-state index contributed by atoms with van der Waals surface area (Å²) in [6, 6.07) is 7.80. The Balaban J connectivity index is 2.04. The molecule has 1 aliphatic carbocycles. The van der Waals surface area contributed by atoms with E-state index in [2.05, 4.69) is 25.9 Å². The number of carbonyl (C=O) groups is 1. The highest BCUT2D eigenvalue weighted by molar-refractivity contribution is 5.91. The maximum absolute atomic E-state index is 12.9. The molecule has 0 unspecified atom stereocenters. The van der Waals surface area contributed by atoms with Crippen LogP contribution >= 0.6 is 0 Å². The Morgan fingerprint density at radius 2 is 1.81 bits per heavy atom. The molecular formula is C17H27N3O. The van der Waals surface area contributed by atoms with Crippen molar-refractivity contribution in [3.63, 3.8) is 0 Å². The quantitative estimate of drug-likeness (QED) is 0.782. The normalized spacial score (nSPS) is 16.0. The van der Waals surface area contributed by atoms with Gasteiger partial charge in [0.1, 0.15) is 0 Å². The van der Waals surface area contributed by atoms with E-state index in [4.69, 9.17) is 5.73 Å². The first-order valence-corrected chi connectivity index (χ1v) is 7.80. The third kappa shape index (κ3) is 3.56. The maximum atomic E-state index is 12.9. The molecule has 116 valence electrons. The van der Waals surface area contributed by atoms with E-state index in [0.717, 1.165) is 50.1 Å². The van der Waals surface area contributed by atoms with Crippen molar-refractivity contribution in [2.45, 2.75) is 31.6 Å². The molecule has 0 heterocycles. The van der Waals surface area contributed by atoms with Gasteiger partial charge in [-0.05, 0) is 64.5 Å². The Labute approximate surface area is 127 Å². The molecule has 0 atom stereocenters. The average Bonchev–Trinajstić information content (AvgIpc) is 3.25. The summed E-state index contributed by atoms with van der Waals surface area (Å²) in [6.45, 7) is 4.69. The number of likely N-dealkylation sites (N-methyl/N-ethyl adjacent to an activating group) is 1. The molecule has 2 N–H and O–H groups in total. The first kappa shape index (κ1) is 15.8. The van der Waals surface area contributed by atoms with Crippen LogP contribution in [0.2, 0.25) is 0 Å². The summed E-state index contributed by atoms with van der Waals surface area (Å²) in [6.07, 6.45) is 2.93. The third-order valence-corrected chi connectivity index (χ3v) is 4.32. The topological polar surface area (TPSA) is 49.6 Å². The van der Waals surface area contributed by atoms with Crippen molar-refractivity contribution in [2.24, 2.45) is 0 Å². The molecule has 1 fully saturated rings. The maximum Gasteiger partial charge on any atom is 0.233 e. The molecule has 0 spiro atoms. The van der Waals surface area contributed by atoms with Crippen molar-refractivity contribution in [3.8, 4) is 0 Å². The van der Waals surface area contributed by atoms with Crippen molar-refractivity contribution in [3.05, 3.63) is 29.8 Å². The molecule has 0 aliphatic heterocycles. The van der Waals surface area contributed by atoms with Gasteiger partial charge >= 0.3 is 0 Å². The van der Waals surface area contributed by atoms with Crippen molar-refractivity contribution >= 4 is 11.6 Å². The van der Waals surface area contributed by atoms with Gasteiger partial charge in [-0.15, -0.1) is 0 Å². The fourth-order valence-electron chi connectivity index (χ4n) is 2.84. The van der Waals surface area contributed by atoms with Crippen molar-refractivity contribution in [1.29, 1.82) is 0 Å². The van der Waals surface area contributed by atoms with Crippen LogP contribution in [0, 0.1) is 0 Å². The van der Waals surface area contributed by atoms with Crippen LogP contribution in [-0.4, -0.2) is 49.4 Å². The summed E-state index contributed by atoms with van der Waals surface area (Å²) in [5.74, 6) is 0.286. The number of nitrogens with zero attached hydrogens (tertiary/aromatic N) is 2. The van der Waals surface area contributed by atoms with E-state index < -0.39 is 0 Å². The van der Waals surface area contributed by atoms with Gasteiger partial charge in [-0.2, -0.15) is 0 Å². The summed E-state index contributed by atoms with van der Waals surface area (Å²) < 4.78 is 0. The number of benzene rings is 1. The molecule has 1 aliphatic rings. The van der Waals surface area contributed by atoms with Gasteiger partial charge < -0.3 is 15.5 Å². The second-order valence-electron chi connectivity index (χ2n) is 6.25. The summed E-state index contributed by atoms with van der Waals surface area (Å²) in [5.41, 5.74) is 7.34. The molecule has 0 bridgehead atoms. The van der Waals surface area contributed by atoms with E-state index in [-0.39, 0.29) is 11.3 Å². The zero-order valence-corrected chi connectivity index (χ0v) is 13.4.